The fourth-order valence-corrected chi connectivity index (χ4v) is 1.92. The van der Waals surface area contributed by atoms with E-state index in [0.717, 1.165) is 18.5 Å². The number of imidazole rings is 1. The predicted molar refractivity (Wildman–Crippen MR) is 94.1 cm³/mol. The number of rotatable bonds is 8. The van der Waals surface area contributed by atoms with Crippen molar-refractivity contribution in [1.82, 2.24) is 14.9 Å². The summed E-state index contributed by atoms with van der Waals surface area (Å²) in [5, 5.41) is 9.36. The molecule has 12 nitrogen and oxygen atoms in total. The number of amides is 1. The first-order valence-corrected chi connectivity index (χ1v) is 8.59. The molecule has 0 unspecified atom stereocenters. The summed E-state index contributed by atoms with van der Waals surface area (Å²) in [6, 6.07) is -0.834. The van der Waals surface area contributed by atoms with Crippen LogP contribution in [0.2, 0.25) is 0 Å². The molecule has 0 radical (unpaired) electrons. The summed E-state index contributed by atoms with van der Waals surface area (Å²) >= 11 is 0. The van der Waals surface area contributed by atoms with E-state index in [-0.39, 0.29) is 61.0 Å². The van der Waals surface area contributed by atoms with Crippen molar-refractivity contribution in [2.45, 2.75) is 45.6 Å². The molecule has 0 spiro atoms. The van der Waals surface area contributed by atoms with Crippen LogP contribution in [0.5, 0.6) is 0 Å². The number of carbonyl (C=O) groups is 2. The molecule has 27 heavy (non-hydrogen) atoms. The Kier molecular flexibility index (Phi) is 21.6. The molecule has 6 N–H and O–H groups in total. The molecule has 0 aliphatic rings. The van der Waals surface area contributed by atoms with Crippen LogP contribution >= 0.6 is 0 Å². The van der Waals surface area contributed by atoms with Gasteiger partial charge in [0.1, 0.15) is 6.04 Å². The second-order valence-corrected chi connectivity index (χ2v) is 5.65. The van der Waals surface area contributed by atoms with E-state index in [1.807, 2.05) is 6.92 Å². The number of nitrogens with one attached hydrogen (secondary N) is 1. The third-order valence-corrected chi connectivity index (χ3v) is 3.00. The van der Waals surface area contributed by atoms with Crippen molar-refractivity contribution in [1.29, 1.82) is 0 Å². The quantitative estimate of drug-likeness (QED) is 0.262. The van der Waals surface area contributed by atoms with Gasteiger partial charge in [0.05, 0.1) is 6.33 Å². The molecule has 0 saturated carbocycles. The summed E-state index contributed by atoms with van der Waals surface area (Å²) in [4.78, 5) is 31.6. The van der Waals surface area contributed by atoms with Gasteiger partial charge in [-0.15, -0.1) is 0 Å². The number of aliphatic carboxylic acids is 1. The zero-order valence-electron chi connectivity index (χ0n) is 15.2. The van der Waals surface area contributed by atoms with Gasteiger partial charge in [-0.1, -0.05) is 20.3 Å². The molecule has 0 aliphatic heterocycles. The van der Waals surface area contributed by atoms with Crippen molar-refractivity contribution in [3.63, 3.8) is 0 Å². The van der Waals surface area contributed by atoms with E-state index < -0.39 is 22.4 Å². The van der Waals surface area contributed by atoms with Crippen molar-refractivity contribution in [2.24, 2.45) is 0 Å². The monoisotopic (exact) mass is 439 g/mol. The van der Waals surface area contributed by atoms with E-state index in [9.17, 15) is 14.7 Å². The maximum atomic E-state index is 11.9. The van der Waals surface area contributed by atoms with Crippen LogP contribution in [0, 0.1) is 0 Å². The van der Waals surface area contributed by atoms with Crippen molar-refractivity contribution < 1.29 is 43.2 Å². The topological polar surface area (TPSA) is 230 Å². The van der Waals surface area contributed by atoms with Crippen LogP contribution in [0.4, 0.5) is 0 Å². The molecule has 1 rings (SSSR count). The van der Waals surface area contributed by atoms with Gasteiger partial charge < -0.3 is 35.0 Å². The Morgan fingerprint density at radius 3 is 2.15 bits per heavy atom. The van der Waals surface area contributed by atoms with E-state index in [0.29, 0.717) is 13.0 Å². The van der Waals surface area contributed by atoms with Gasteiger partial charge >= 0.3 is 43.7 Å². The van der Waals surface area contributed by atoms with Crippen molar-refractivity contribution >= 4 is 60.0 Å². The van der Waals surface area contributed by atoms with Gasteiger partial charge in [-0.2, -0.15) is 0 Å². The number of H-pyrrole nitrogens is 1. The summed E-state index contributed by atoms with van der Waals surface area (Å²) < 4.78 is 34.1. The third-order valence-electron chi connectivity index (χ3n) is 3.00. The summed E-state index contributed by atoms with van der Waals surface area (Å²) in [6.07, 6.45) is 5.39. The molecule has 1 aromatic rings. The van der Waals surface area contributed by atoms with Crippen molar-refractivity contribution in [2.75, 3.05) is 6.54 Å². The molecule has 1 atom stereocenters. The molecule has 0 saturated heterocycles. The number of hydrogen-bond donors (Lipinski definition) is 2. The van der Waals surface area contributed by atoms with E-state index >= 15 is 0 Å². The number of unbranched alkanes of at least 4 members (excludes halogenated alkanes) is 1. The molecular formula is C13H25CaN3O9S. The van der Waals surface area contributed by atoms with Crippen LogP contribution in [0.1, 0.15) is 38.8 Å². The van der Waals surface area contributed by atoms with Gasteiger partial charge in [0.25, 0.3) is 0 Å². The van der Waals surface area contributed by atoms with Gasteiger partial charge in [-0.25, -0.2) is 9.78 Å². The first-order valence-electron chi connectivity index (χ1n) is 7.26. The smallest absolute Gasteiger partial charge is 0.759 e. The number of carbonyl (C=O) groups excluding carboxylic acids is 1. The third kappa shape index (κ3) is 17.1. The minimum absolute atomic E-state index is 0. The van der Waals surface area contributed by atoms with E-state index in [1.54, 1.807) is 13.1 Å². The molecule has 1 amide bonds. The maximum absolute atomic E-state index is 11.9. The van der Waals surface area contributed by atoms with E-state index in [2.05, 4.69) is 9.97 Å². The number of nitrogens with zero attached hydrogens (tertiary/aromatic N) is 2. The average molecular weight is 440 g/mol. The second kappa shape index (κ2) is 17.3. The molecular weight excluding hydrogens is 414 g/mol. The Balaban J connectivity index is -0.000000294. The second-order valence-electron chi connectivity index (χ2n) is 4.84. The van der Waals surface area contributed by atoms with Crippen LogP contribution in [0.25, 0.3) is 0 Å². The minimum atomic E-state index is -5.17. The normalized spacial score (nSPS) is 10.7. The van der Waals surface area contributed by atoms with Gasteiger partial charge in [0, 0.05) is 41.7 Å². The summed E-state index contributed by atoms with van der Waals surface area (Å²) in [6.45, 7) is 4.24. The first kappa shape index (κ1) is 33.8. The first-order chi connectivity index (χ1) is 11.1. The average Bonchev–Trinajstić information content (AvgIpc) is 2.97. The Labute approximate surface area is 187 Å². The molecule has 1 heterocycles. The fourth-order valence-electron chi connectivity index (χ4n) is 1.92. The van der Waals surface area contributed by atoms with Gasteiger partial charge in [-0.3, -0.25) is 13.2 Å². The summed E-state index contributed by atoms with van der Waals surface area (Å²) in [7, 11) is -5.17. The van der Waals surface area contributed by atoms with Crippen LogP contribution < -0.4 is 0 Å². The van der Waals surface area contributed by atoms with Crippen molar-refractivity contribution in [3.05, 3.63) is 18.2 Å². The number of aromatic amines is 1. The molecule has 0 bridgehead atoms. The zero-order chi connectivity index (χ0) is 18.8. The molecule has 0 aliphatic carbocycles. The molecule has 0 aromatic carbocycles. The summed E-state index contributed by atoms with van der Waals surface area (Å²) in [5.41, 5.74) is 0.720. The Morgan fingerprint density at radius 2 is 1.81 bits per heavy atom. The van der Waals surface area contributed by atoms with E-state index in [1.165, 1.54) is 11.2 Å². The minimum Gasteiger partial charge on any atom is -0.759 e. The Hall–Kier alpha value is -0.800. The molecule has 14 heteroatoms. The molecule has 154 valence electrons. The van der Waals surface area contributed by atoms with Gasteiger partial charge in [0.2, 0.25) is 5.91 Å². The van der Waals surface area contributed by atoms with Crippen molar-refractivity contribution in [3.8, 4) is 0 Å². The summed E-state index contributed by atoms with van der Waals surface area (Å²) in [5.74, 6) is -1.10. The molecule has 0 fully saturated rings. The standard InChI is InChI=1S/C13H21N3O3.Ca.H2O4S.2H2O/c1-3-5-6-16(12(17)4-2)11(13(18)19)7-10-8-14-9-15-10;;1-5(2,3)4;;/h8-9,11H,3-7H2,1-2H3,(H,14,15)(H,18,19);;(H2,1,2,3,4);2*1H2/q;+2;;;/p-2/t11-;;;;/m0..../s1. The number of aromatic nitrogens is 2. The SMILES string of the molecule is CCCCN(C(=O)CC)[C@@H](Cc1cnc[nH]1)C(=O)O.O.O.O=S(=O)([O-])[O-].[Ca+2]. The van der Waals surface area contributed by atoms with Crippen LogP contribution in [-0.4, -0.2) is 111 Å². The van der Waals surface area contributed by atoms with Crippen LogP contribution in [0.3, 0.4) is 0 Å². The number of carboxylic acid groups (broad SMARTS) is 1. The Bertz CT molecular complexity index is 603. The maximum Gasteiger partial charge on any atom is 2.00 e. The predicted octanol–water partition coefficient (Wildman–Crippen LogP) is -1.92. The van der Waals surface area contributed by atoms with E-state index in [4.69, 9.17) is 17.5 Å². The van der Waals surface area contributed by atoms with Crippen LogP contribution in [-0.2, 0) is 26.4 Å². The molecule has 1 aromatic heterocycles. The Morgan fingerprint density at radius 1 is 1.30 bits per heavy atom. The van der Waals surface area contributed by atoms with Gasteiger partial charge in [-0.05, 0) is 6.42 Å². The zero-order valence-corrected chi connectivity index (χ0v) is 18.2. The van der Waals surface area contributed by atoms with Crippen LogP contribution in [0.15, 0.2) is 12.5 Å². The number of hydrogen-bond acceptors (Lipinski definition) is 7. The number of carboxylic acids is 1. The van der Waals surface area contributed by atoms with Gasteiger partial charge in [0.15, 0.2) is 0 Å². The largest absolute Gasteiger partial charge is 2.00 e. The fraction of sp³-hybridized carbons (Fsp3) is 0.615.